The van der Waals surface area contributed by atoms with E-state index in [2.05, 4.69) is 74.5 Å². The topological polar surface area (TPSA) is 12.5 Å². The highest BCUT2D eigenvalue weighted by molar-refractivity contribution is 5.85. The molecule has 2 nitrogen and oxygen atoms in total. The Balaban J connectivity index is 0.00000192. The van der Waals surface area contributed by atoms with Gasteiger partial charge in [-0.05, 0) is 56.3 Å². The highest BCUT2D eigenvalue weighted by atomic mass is 16.5. The van der Waals surface area contributed by atoms with Crippen molar-refractivity contribution in [2.75, 3.05) is 20.6 Å². The summed E-state index contributed by atoms with van der Waals surface area (Å²) >= 11 is 0. The molecule has 0 amide bonds. The number of hydrogen-bond donors (Lipinski definition) is 0. The fourth-order valence-electron chi connectivity index (χ4n) is 2.88. The van der Waals surface area contributed by atoms with Gasteiger partial charge < -0.3 is 9.64 Å². The van der Waals surface area contributed by atoms with E-state index < -0.39 is 0 Å². The van der Waals surface area contributed by atoms with Crippen LogP contribution in [0, 0.1) is 6.92 Å². The van der Waals surface area contributed by atoms with Crippen LogP contribution in [0.5, 0.6) is 5.75 Å². The van der Waals surface area contributed by atoms with Gasteiger partial charge in [0, 0.05) is 12.1 Å². The maximum Gasteiger partial charge on any atom is 0.127 e. The van der Waals surface area contributed by atoms with E-state index in [-0.39, 0.29) is 7.43 Å². The van der Waals surface area contributed by atoms with Crippen LogP contribution < -0.4 is 4.74 Å². The van der Waals surface area contributed by atoms with E-state index in [0.717, 1.165) is 18.7 Å². The normalized spacial score (nSPS) is 14.5. The van der Waals surface area contributed by atoms with Gasteiger partial charge in [0.15, 0.2) is 0 Å². The molecule has 2 heteroatoms. The van der Waals surface area contributed by atoms with Crippen LogP contribution in [0.1, 0.15) is 36.1 Å². The van der Waals surface area contributed by atoms with Crippen molar-refractivity contribution >= 4 is 5.57 Å². The van der Waals surface area contributed by atoms with E-state index in [1.54, 1.807) is 0 Å². The van der Waals surface area contributed by atoms with Crippen molar-refractivity contribution in [1.82, 2.24) is 4.90 Å². The zero-order valence-electron chi connectivity index (χ0n) is 13.6. The van der Waals surface area contributed by atoms with Crippen molar-refractivity contribution < 1.29 is 4.74 Å². The van der Waals surface area contributed by atoms with Gasteiger partial charge in [-0.25, -0.2) is 0 Å². The van der Waals surface area contributed by atoms with Gasteiger partial charge >= 0.3 is 0 Å². The summed E-state index contributed by atoms with van der Waals surface area (Å²) in [4.78, 5) is 2.22. The van der Waals surface area contributed by atoms with Crippen molar-refractivity contribution in [3.63, 3.8) is 0 Å². The second-order valence-electron chi connectivity index (χ2n) is 6.16. The van der Waals surface area contributed by atoms with Crippen LogP contribution in [0.3, 0.4) is 0 Å². The average molecular weight is 309 g/mol. The van der Waals surface area contributed by atoms with Gasteiger partial charge in [-0.15, -0.1) is 0 Å². The molecule has 0 radical (unpaired) electrons. The molecule has 0 unspecified atom stereocenters. The zero-order chi connectivity index (χ0) is 15.5. The first-order valence-electron chi connectivity index (χ1n) is 7.82. The van der Waals surface area contributed by atoms with Crippen LogP contribution in [0.4, 0.5) is 0 Å². The van der Waals surface area contributed by atoms with Crippen LogP contribution in [-0.2, 0) is 6.61 Å². The molecule has 0 atom stereocenters. The largest absolute Gasteiger partial charge is 0.488 e. The predicted octanol–water partition coefficient (Wildman–Crippen LogP) is 4.91. The molecule has 0 aliphatic carbocycles. The molecule has 0 saturated heterocycles. The first kappa shape index (κ1) is 17.3. The van der Waals surface area contributed by atoms with Gasteiger partial charge in [0.1, 0.15) is 12.4 Å². The summed E-state index contributed by atoms with van der Waals surface area (Å²) in [5.41, 5.74) is 6.33. The number of ether oxygens (including phenoxy) is 1. The standard InChI is InChI=1S/C20H23NO.CH4/c1-15-10-11-20-19(13-15)18(9-6-12-21(2)3)17-8-5-4-7-16(17)14-22-20;/h4-5,7-11,13H,6,12,14H2,1-3H3;1H4/b18-9+;. The van der Waals surface area contributed by atoms with Gasteiger partial charge in [0.05, 0.1) is 0 Å². The number of fused-ring (bicyclic) bond motifs is 2. The van der Waals surface area contributed by atoms with Crippen LogP contribution in [0.25, 0.3) is 5.57 Å². The van der Waals surface area contributed by atoms with E-state index >= 15 is 0 Å². The summed E-state index contributed by atoms with van der Waals surface area (Å²) in [5.74, 6) is 0.984. The molecule has 0 saturated carbocycles. The van der Waals surface area contributed by atoms with Crippen molar-refractivity contribution in [3.8, 4) is 5.75 Å². The Morgan fingerprint density at radius 2 is 1.87 bits per heavy atom. The summed E-state index contributed by atoms with van der Waals surface area (Å²) < 4.78 is 6.04. The highest BCUT2D eigenvalue weighted by Gasteiger charge is 2.18. The minimum atomic E-state index is 0. The first-order chi connectivity index (χ1) is 10.6. The number of hydrogen-bond acceptors (Lipinski definition) is 2. The molecule has 122 valence electrons. The molecule has 3 rings (SSSR count). The summed E-state index contributed by atoms with van der Waals surface area (Å²) in [6, 6.07) is 15.0. The second kappa shape index (κ2) is 7.47. The lowest BCUT2D eigenvalue weighted by Gasteiger charge is -2.13. The molecule has 23 heavy (non-hydrogen) atoms. The van der Waals surface area contributed by atoms with Crippen molar-refractivity contribution in [2.45, 2.75) is 27.4 Å². The third-order valence-electron chi connectivity index (χ3n) is 4.04. The van der Waals surface area contributed by atoms with Gasteiger partial charge in [-0.3, -0.25) is 0 Å². The smallest absolute Gasteiger partial charge is 0.127 e. The van der Waals surface area contributed by atoms with Gasteiger partial charge in [-0.2, -0.15) is 0 Å². The average Bonchev–Trinajstić information content (AvgIpc) is 2.65. The van der Waals surface area contributed by atoms with Crippen LogP contribution in [-0.4, -0.2) is 25.5 Å². The van der Waals surface area contributed by atoms with Crippen LogP contribution in [0.2, 0.25) is 0 Å². The van der Waals surface area contributed by atoms with Gasteiger partial charge in [0.2, 0.25) is 0 Å². The monoisotopic (exact) mass is 309 g/mol. The second-order valence-corrected chi connectivity index (χ2v) is 6.16. The molecule has 0 N–H and O–H groups in total. The molecular weight excluding hydrogens is 282 g/mol. The van der Waals surface area contributed by atoms with E-state index in [9.17, 15) is 0 Å². The fourth-order valence-corrected chi connectivity index (χ4v) is 2.88. The Bertz CT molecular complexity index is 701. The molecule has 0 fully saturated rings. The number of rotatable bonds is 3. The maximum absolute atomic E-state index is 6.04. The zero-order valence-corrected chi connectivity index (χ0v) is 13.6. The summed E-state index contributed by atoms with van der Waals surface area (Å²) in [7, 11) is 4.22. The number of aryl methyl sites for hydroxylation is 1. The quantitative estimate of drug-likeness (QED) is 0.799. The van der Waals surface area contributed by atoms with E-state index in [1.807, 2.05) is 0 Å². The predicted molar refractivity (Wildman–Crippen MR) is 98.9 cm³/mol. The summed E-state index contributed by atoms with van der Waals surface area (Å²) in [6.45, 7) is 3.82. The Kier molecular flexibility index (Phi) is 5.62. The van der Waals surface area contributed by atoms with Crippen LogP contribution in [0.15, 0.2) is 48.5 Å². The maximum atomic E-state index is 6.04. The Morgan fingerprint density at radius 1 is 1.09 bits per heavy atom. The van der Waals surface area contributed by atoms with Gasteiger partial charge in [-0.1, -0.05) is 49.4 Å². The van der Waals surface area contributed by atoms with E-state index in [4.69, 9.17) is 4.74 Å². The van der Waals surface area contributed by atoms with E-state index in [1.165, 1.54) is 27.8 Å². The molecule has 0 spiro atoms. The lowest BCUT2D eigenvalue weighted by Crippen LogP contribution is -2.12. The van der Waals surface area contributed by atoms with Gasteiger partial charge in [0.25, 0.3) is 0 Å². The molecule has 1 heterocycles. The molecule has 0 aromatic heterocycles. The molecular formula is C21H27NO. The Morgan fingerprint density at radius 3 is 2.65 bits per heavy atom. The molecule has 1 aliphatic heterocycles. The van der Waals surface area contributed by atoms with Crippen LogP contribution >= 0.6 is 0 Å². The lowest BCUT2D eigenvalue weighted by molar-refractivity contribution is 0.307. The minimum absolute atomic E-state index is 0. The molecule has 2 aromatic carbocycles. The highest BCUT2D eigenvalue weighted by Crippen LogP contribution is 2.37. The number of benzene rings is 2. The minimum Gasteiger partial charge on any atom is -0.488 e. The number of nitrogens with zero attached hydrogens (tertiary/aromatic N) is 1. The fraction of sp³-hybridized carbons (Fsp3) is 0.333. The SMILES string of the molecule is C.Cc1ccc2c(c1)/C(=C/CCN(C)C)c1ccccc1CO2. The Hall–Kier alpha value is -2.06. The molecule has 1 aliphatic rings. The first-order valence-corrected chi connectivity index (χ1v) is 7.82. The van der Waals surface area contributed by atoms with Crippen molar-refractivity contribution in [3.05, 3.63) is 70.8 Å². The molecule has 0 bridgehead atoms. The third-order valence-corrected chi connectivity index (χ3v) is 4.04. The lowest BCUT2D eigenvalue weighted by atomic mass is 9.92. The summed E-state index contributed by atoms with van der Waals surface area (Å²) in [6.07, 6.45) is 3.38. The van der Waals surface area contributed by atoms with Crippen molar-refractivity contribution in [2.24, 2.45) is 0 Å². The van der Waals surface area contributed by atoms with E-state index in [0.29, 0.717) is 6.61 Å². The third kappa shape index (κ3) is 3.83. The summed E-state index contributed by atoms with van der Waals surface area (Å²) in [5, 5.41) is 0. The Labute approximate surface area is 140 Å². The molecule has 2 aromatic rings. The van der Waals surface area contributed by atoms with Crippen molar-refractivity contribution in [1.29, 1.82) is 0 Å².